The Bertz CT molecular complexity index is 1060. The Labute approximate surface area is 179 Å². The highest BCUT2D eigenvalue weighted by Gasteiger charge is 2.23. The molecule has 1 atom stereocenters. The van der Waals surface area contributed by atoms with Crippen molar-refractivity contribution in [2.45, 2.75) is 32.4 Å². The number of morpholine rings is 1. The third-order valence-electron chi connectivity index (χ3n) is 6.16. The van der Waals surface area contributed by atoms with Gasteiger partial charge in [-0.25, -0.2) is 0 Å². The first-order valence-corrected chi connectivity index (χ1v) is 11.1. The van der Waals surface area contributed by atoms with E-state index in [1.54, 1.807) is 7.11 Å². The average Bonchev–Trinajstić information content (AvgIpc) is 3.13. The molecule has 5 nitrogen and oxygen atoms in total. The van der Waals surface area contributed by atoms with Gasteiger partial charge in [-0.1, -0.05) is 15.9 Å². The largest absolute Gasteiger partial charge is 0.378 e. The predicted molar refractivity (Wildman–Crippen MR) is 120 cm³/mol. The van der Waals surface area contributed by atoms with E-state index in [1.165, 1.54) is 27.7 Å². The fourth-order valence-corrected chi connectivity index (χ4v) is 5.16. The molecular formula is C23H26BrN3O2. The van der Waals surface area contributed by atoms with Gasteiger partial charge in [0, 0.05) is 42.2 Å². The highest BCUT2D eigenvalue weighted by atomic mass is 79.9. The number of benzene rings is 1. The van der Waals surface area contributed by atoms with E-state index in [4.69, 9.17) is 14.5 Å². The van der Waals surface area contributed by atoms with Crippen molar-refractivity contribution < 1.29 is 9.47 Å². The first-order chi connectivity index (χ1) is 14.2. The zero-order valence-electron chi connectivity index (χ0n) is 16.9. The van der Waals surface area contributed by atoms with Gasteiger partial charge in [-0.05, 0) is 49.6 Å². The molecule has 0 unspecified atom stereocenters. The number of ether oxygens (including phenoxy) is 2. The third kappa shape index (κ3) is 3.37. The standard InChI is InChI=1S/C23H26BrN3O2/c1-15(28-2)22-20(13-19(14-25-22)26-6-8-29-9-7-26)21-12-17-11-18(24)10-16-4-3-5-27(21)23(16)17/h10-15H,3-9H2,1-2H3/t15-/m0/s1. The summed E-state index contributed by atoms with van der Waals surface area (Å²) in [5.74, 6) is 0. The van der Waals surface area contributed by atoms with Crippen LogP contribution in [0, 0.1) is 0 Å². The number of aromatic nitrogens is 2. The topological polar surface area (TPSA) is 39.5 Å². The summed E-state index contributed by atoms with van der Waals surface area (Å²) in [5, 5.41) is 1.29. The van der Waals surface area contributed by atoms with Gasteiger partial charge in [0.2, 0.25) is 0 Å². The van der Waals surface area contributed by atoms with E-state index >= 15 is 0 Å². The molecule has 1 saturated heterocycles. The van der Waals surface area contributed by atoms with E-state index in [2.05, 4.69) is 56.6 Å². The summed E-state index contributed by atoms with van der Waals surface area (Å²) in [5.41, 5.74) is 7.34. The molecule has 0 bridgehead atoms. The second kappa shape index (κ2) is 7.74. The molecule has 29 heavy (non-hydrogen) atoms. The highest BCUT2D eigenvalue weighted by Crippen LogP contribution is 2.39. The van der Waals surface area contributed by atoms with Gasteiger partial charge in [0.05, 0.1) is 48.1 Å². The summed E-state index contributed by atoms with van der Waals surface area (Å²) in [6.45, 7) is 6.45. The van der Waals surface area contributed by atoms with Crippen molar-refractivity contribution in [1.82, 2.24) is 9.55 Å². The Kier molecular flexibility index (Phi) is 5.10. The number of aryl methyl sites for hydroxylation is 2. The summed E-state index contributed by atoms with van der Waals surface area (Å²) < 4.78 is 14.8. The number of nitrogens with zero attached hydrogens (tertiary/aromatic N) is 3. The summed E-state index contributed by atoms with van der Waals surface area (Å²) >= 11 is 3.69. The molecule has 2 aromatic heterocycles. The first-order valence-electron chi connectivity index (χ1n) is 10.3. The molecular weight excluding hydrogens is 430 g/mol. The highest BCUT2D eigenvalue weighted by molar-refractivity contribution is 9.10. The fourth-order valence-electron chi connectivity index (χ4n) is 4.64. The molecule has 0 aliphatic carbocycles. The second-order valence-corrected chi connectivity index (χ2v) is 8.81. The molecule has 6 heteroatoms. The van der Waals surface area contributed by atoms with Gasteiger partial charge in [-0.2, -0.15) is 0 Å². The lowest BCUT2D eigenvalue weighted by Crippen LogP contribution is -2.36. The molecule has 1 fully saturated rings. The van der Waals surface area contributed by atoms with Crippen LogP contribution >= 0.6 is 15.9 Å². The van der Waals surface area contributed by atoms with Crippen LogP contribution in [0.1, 0.15) is 30.7 Å². The van der Waals surface area contributed by atoms with Crippen LogP contribution in [0.2, 0.25) is 0 Å². The van der Waals surface area contributed by atoms with E-state index in [0.717, 1.165) is 61.5 Å². The lowest BCUT2D eigenvalue weighted by Gasteiger charge is -2.29. The minimum atomic E-state index is -0.0654. The van der Waals surface area contributed by atoms with E-state index in [9.17, 15) is 0 Å². The van der Waals surface area contributed by atoms with Gasteiger partial charge in [0.1, 0.15) is 0 Å². The zero-order chi connectivity index (χ0) is 20.0. The number of halogens is 1. The molecule has 2 aliphatic heterocycles. The van der Waals surface area contributed by atoms with Crippen molar-refractivity contribution in [3.05, 3.63) is 46.2 Å². The summed E-state index contributed by atoms with van der Waals surface area (Å²) in [4.78, 5) is 7.24. The van der Waals surface area contributed by atoms with Crippen molar-refractivity contribution in [3.63, 3.8) is 0 Å². The first kappa shape index (κ1) is 19.1. The van der Waals surface area contributed by atoms with Crippen LogP contribution in [0.5, 0.6) is 0 Å². The van der Waals surface area contributed by atoms with Crippen molar-refractivity contribution in [1.29, 1.82) is 0 Å². The number of rotatable bonds is 4. The Balaban J connectivity index is 1.71. The lowest BCUT2D eigenvalue weighted by molar-refractivity contribution is 0.116. The van der Waals surface area contributed by atoms with Gasteiger partial charge in [-0.3, -0.25) is 4.98 Å². The van der Waals surface area contributed by atoms with Gasteiger partial charge in [0.15, 0.2) is 0 Å². The Morgan fingerprint density at radius 2 is 1.97 bits per heavy atom. The number of pyridine rings is 1. The smallest absolute Gasteiger partial charge is 0.0969 e. The molecule has 3 aromatic rings. The quantitative estimate of drug-likeness (QED) is 0.557. The molecule has 0 spiro atoms. The maximum Gasteiger partial charge on any atom is 0.0969 e. The Morgan fingerprint density at radius 3 is 2.76 bits per heavy atom. The van der Waals surface area contributed by atoms with Gasteiger partial charge < -0.3 is 18.9 Å². The fraction of sp³-hybridized carbons (Fsp3) is 0.435. The maximum absolute atomic E-state index is 5.68. The van der Waals surface area contributed by atoms with E-state index in [1.807, 2.05) is 6.20 Å². The lowest BCUT2D eigenvalue weighted by atomic mass is 10.0. The van der Waals surface area contributed by atoms with Crippen molar-refractivity contribution in [2.24, 2.45) is 0 Å². The van der Waals surface area contributed by atoms with Crippen LogP contribution in [0.15, 0.2) is 34.9 Å². The minimum absolute atomic E-state index is 0.0654. The Morgan fingerprint density at radius 1 is 1.14 bits per heavy atom. The third-order valence-corrected chi connectivity index (χ3v) is 6.62. The average molecular weight is 456 g/mol. The van der Waals surface area contributed by atoms with Crippen LogP contribution in [0.4, 0.5) is 5.69 Å². The molecule has 0 amide bonds. The number of methoxy groups -OCH3 is 1. The summed E-state index contributed by atoms with van der Waals surface area (Å²) in [6.07, 6.45) is 4.21. The van der Waals surface area contributed by atoms with Crippen LogP contribution in [-0.2, 0) is 22.4 Å². The normalized spacial score (nSPS) is 17.7. The molecule has 152 valence electrons. The SMILES string of the molecule is CO[C@@H](C)c1ncc(N2CCOCC2)cc1-c1cc2cc(Br)cc3c2n1CCC3. The molecule has 0 saturated carbocycles. The number of hydrogen-bond acceptors (Lipinski definition) is 4. The van der Waals surface area contributed by atoms with Crippen molar-refractivity contribution in [2.75, 3.05) is 38.3 Å². The summed E-state index contributed by atoms with van der Waals surface area (Å²) in [6, 6.07) is 9.11. The van der Waals surface area contributed by atoms with E-state index < -0.39 is 0 Å². The molecule has 5 rings (SSSR count). The van der Waals surface area contributed by atoms with Crippen molar-refractivity contribution in [3.8, 4) is 11.3 Å². The molecule has 0 N–H and O–H groups in total. The number of hydrogen-bond donors (Lipinski definition) is 0. The van der Waals surface area contributed by atoms with Gasteiger partial charge in [0.25, 0.3) is 0 Å². The molecule has 1 aromatic carbocycles. The predicted octanol–water partition coefficient (Wildman–Crippen LogP) is 4.96. The molecule has 4 heterocycles. The molecule has 0 radical (unpaired) electrons. The minimum Gasteiger partial charge on any atom is -0.378 e. The van der Waals surface area contributed by atoms with E-state index in [-0.39, 0.29) is 6.10 Å². The van der Waals surface area contributed by atoms with Gasteiger partial charge >= 0.3 is 0 Å². The zero-order valence-corrected chi connectivity index (χ0v) is 18.5. The summed E-state index contributed by atoms with van der Waals surface area (Å²) in [7, 11) is 1.75. The van der Waals surface area contributed by atoms with Crippen molar-refractivity contribution >= 4 is 32.5 Å². The van der Waals surface area contributed by atoms with Gasteiger partial charge in [-0.15, -0.1) is 0 Å². The van der Waals surface area contributed by atoms with Crippen LogP contribution in [-0.4, -0.2) is 43.0 Å². The monoisotopic (exact) mass is 455 g/mol. The van der Waals surface area contributed by atoms with Crippen LogP contribution in [0.3, 0.4) is 0 Å². The van der Waals surface area contributed by atoms with E-state index in [0.29, 0.717) is 0 Å². The Hall–Kier alpha value is -1.89. The number of anilines is 1. The second-order valence-electron chi connectivity index (χ2n) is 7.89. The molecule has 2 aliphatic rings. The van der Waals surface area contributed by atoms with Crippen LogP contribution < -0.4 is 4.90 Å². The van der Waals surface area contributed by atoms with Crippen LogP contribution in [0.25, 0.3) is 22.2 Å². The maximum atomic E-state index is 5.68.